The van der Waals surface area contributed by atoms with E-state index in [4.69, 9.17) is 10.2 Å². The molecule has 2 aromatic rings. The Morgan fingerprint density at radius 2 is 1.74 bits per heavy atom. The summed E-state index contributed by atoms with van der Waals surface area (Å²) in [6, 6.07) is 13.7. The molecule has 1 saturated carbocycles. The van der Waals surface area contributed by atoms with Crippen LogP contribution in [0.25, 0.3) is 0 Å². The maximum Gasteiger partial charge on any atom is 0.410 e. The molecule has 1 aromatic carbocycles. The lowest BCUT2D eigenvalue weighted by Gasteiger charge is -2.21. The number of hydrogen-bond donors (Lipinski definition) is 3. The Kier molecular flexibility index (Phi) is 6.41. The van der Waals surface area contributed by atoms with Crippen LogP contribution in [0.5, 0.6) is 5.75 Å². The molecule has 0 atom stereocenters. The molecule has 0 saturated heterocycles. The summed E-state index contributed by atoms with van der Waals surface area (Å²) in [5, 5.41) is 19.0. The number of rotatable bonds is 2. The summed E-state index contributed by atoms with van der Waals surface area (Å²) in [5.74, 6) is 1.05. The van der Waals surface area contributed by atoms with Gasteiger partial charge in [0.15, 0.2) is 0 Å². The standard InChI is InChI=1S/C12H16.C6H6N2O3/c1-3-7-11(8-4-1)12-9-5-2-6-10-12;9-4-1-2-5(7-3-4)8-6(10)11/h1,3-4,7-8,12H,2,5-6,9-10H2;1-3,9H,(H,7,8)(H,10,11). The quantitative estimate of drug-likeness (QED) is 0.756. The van der Waals surface area contributed by atoms with Crippen LogP contribution in [0.3, 0.4) is 0 Å². The molecule has 122 valence electrons. The zero-order valence-corrected chi connectivity index (χ0v) is 13.0. The number of nitrogens with zero attached hydrogens (tertiary/aromatic N) is 1. The lowest BCUT2D eigenvalue weighted by Crippen LogP contribution is -2.07. The Labute approximate surface area is 136 Å². The summed E-state index contributed by atoms with van der Waals surface area (Å²) < 4.78 is 0. The van der Waals surface area contributed by atoms with Crippen LogP contribution in [-0.4, -0.2) is 21.3 Å². The number of hydrogen-bond acceptors (Lipinski definition) is 3. The first-order valence-corrected chi connectivity index (χ1v) is 7.85. The lowest BCUT2D eigenvalue weighted by molar-refractivity contribution is 0.209. The molecule has 0 radical (unpaired) electrons. The molecule has 1 fully saturated rings. The van der Waals surface area contributed by atoms with Gasteiger partial charge in [0.05, 0.1) is 6.20 Å². The van der Waals surface area contributed by atoms with Crippen molar-refractivity contribution in [3.8, 4) is 5.75 Å². The minimum absolute atomic E-state index is 0.000869. The molecule has 1 aliphatic rings. The Morgan fingerprint density at radius 3 is 2.30 bits per heavy atom. The smallest absolute Gasteiger partial charge is 0.410 e. The summed E-state index contributed by atoms with van der Waals surface area (Å²) in [5.41, 5.74) is 1.55. The second-order valence-corrected chi connectivity index (χ2v) is 5.58. The summed E-state index contributed by atoms with van der Waals surface area (Å²) in [6.07, 6.45) is 7.10. The molecule has 0 bridgehead atoms. The van der Waals surface area contributed by atoms with Gasteiger partial charge in [0, 0.05) is 0 Å². The number of aromatic hydroxyl groups is 1. The van der Waals surface area contributed by atoms with E-state index >= 15 is 0 Å². The predicted octanol–water partition coefficient (Wildman–Crippen LogP) is 4.61. The zero-order chi connectivity index (χ0) is 16.5. The number of carboxylic acid groups (broad SMARTS) is 1. The monoisotopic (exact) mass is 314 g/mol. The number of aromatic nitrogens is 1. The van der Waals surface area contributed by atoms with Gasteiger partial charge < -0.3 is 10.2 Å². The van der Waals surface area contributed by atoms with E-state index in [1.807, 2.05) is 5.32 Å². The molecule has 1 heterocycles. The van der Waals surface area contributed by atoms with Crippen LogP contribution in [0.1, 0.15) is 43.6 Å². The normalized spacial score (nSPS) is 14.4. The van der Waals surface area contributed by atoms with E-state index in [0.717, 1.165) is 12.1 Å². The van der Waals surface area contributed by atoms with Crippen molar-refractivity contribution >= 4 is 11.9 Å². The van der Waals surface area contributed by atoms with Crippen molar-refractivity contribution in [2.75, 3.05) is 5.32 Å². The van der Waals surface area contributed by atoms with E-state index in [2.05, 4.69) is 35.3 Å². The second-order valence-electron chi connectivity index (χ2n) is 5.58. The fraction of sp³-hybridized carbons (Fsp3) is 0.333. The van der Waals surface area contributed by atoms with Crippen LogP contribution < -0.4 is 5.32 Å². The average Bonchev–Trinajstić information content (AvgIpc) is 2.59. The van der Waals surface area contributed by atoms with Crippen LogP contribution in [0.15, 0.2) is 48.7 Å². The number of anilines is 1. The molecule has 0 aliphatic heterocycles. The highest BCUT2D eigenvalue weighted by Crippen LogP contribution is 2.32. The van der Waals surface area contributed by atoms with Crippen LogP contribution in [0, 0.1) is 0 Å². The van der Waals surface area contributed by atoms with Crippen molar-refractivity contribution in [3.05, 3.63) is 54.2 Å². The highest BCUT2D eigenvalue weighted by atomic mass is 16.4. The highest BCUT2D eigenvalue weighted by Gasteiger charge is 2.14. The molecule has 1 aromatic heterocycles. The Balaban J connectivity index is 0.000000168. The van der Waals surface area contributed by atoms with Gasteiger partial charge in [-0.05, 0) is 36.5 Å². The van der Waals surface area contributed by atoms with Crippen molar-refractivity contribution in [1.82, 2.24) is 4.98 Å². The zero-order valence-electron chi connectivity index (χ0n) is 13.0. The molecule has 0 unspecified atom stereocenters. The molecule has 5 nitrogen and oxygen atoms in total. The third kappa shape index (κ3) is 5.98. The number of carbonyl (C=O) groups is 1. The van der Waals surface area contributed by atoms with Gasteiger partial charge in [-0.1, -0.05) is 49.6 Å². The molecular weight excluding hydrogens is 292 g/mol. The van der Waals surface area contributed by atoms with E-state index in [9.17, 15) is 4.79 Å². The van der Waals surface area contributed by atoms with Gasteiger partial charge in [-0.25, -0.2) is 9.78 Å². The van der Waals surface area contributed by atoms with Gasteiger partial charge in [-0.2, -0.15) is 0 Å². The van der Waals surface area contributed by atoms with E-state index < -0.39 is 6.09 Å². The number of pyridine rings is 1. The van der Waals surface area contributed by atoms with Crippen molar-refractivity contribution in [2.45, 2.75) is 38.0 Å². The minimum Gasteiger partial charge on any atom is -0.506 e. The number of amides is 1. The van der Waals surface area contributed by atoms with Crippen molar-refractivity contribution in [1.29, 1.82) is 0 Å². The van der Waals surface area contributed by atoms with Crippen LogP contribution in [0.4, 0.5) is 10.6 Å². The fourth-order valence-corrected chi connectivity index (χ4v) is 2.73. The minimum atomic E-state index is -1.18. The first kappa shape index (κ1) is 16.8. The summed E-state index contributed by atoms with van der Waals surface area (Å²) in [4.78, 5) is 13.6. The maximum absolute atomic E-state index is 10.0. The average molecular weight is 314 g/mol. The van der Waals surface area contributed by atoms with Crippen molar-refractivity contribution in [3.63, 3.8) is 0 Å². The first-order valence-electron chi connectivity index (χ1n) is 7.85. The topological polar surface area (TPSA) is 82.5 Å². The lowest BCUT2D eigenvalue weighted by atomic mass is 9.84. The van der Waals surface area contributed by atoms with E-state index in [1.165, 1.54) is 44.2 Å². The van der Waals surface area contributed by atoms with Gasteiger partial charge in [-0.15, -0.1) is 0 Å². The SMILES string of the molecule is O=C(O)Nc1ccc(O)cn1.c1ccc(C2CCCCC2)cc1. The first-order chi connectivity index (χ1) is 11.1. The van der Waals surface area contributed by atoms with Crippen molar-refractivity contribution < 1.29 is 15.0 Å². The second kappa shape index (κ2) is 8.78. The summed E-state index contributed by atoms with van der Waals surface area (Å²) >= 11 is 0. The van der Waals surface area contributed by atoms with Crippen LogP contribution in [-0.2, 0) is 0 Å². The predicted molar refractivity (Wildman–Crippen MR) is 89.8 cm³/mol. The largest absolute Gasteiger partial charge is 0.506 e. The number of nitrogens with one attached hydrogen (secondary N) is 1. The van der Waals surface area contributed by atoms with E-state index in [0.29, 0.717) is 0 Å². The van der Waals surface area contributed by atoms with Crippen molar-refractivity contribution in [2.24, 2.45) is 0 Å². The summed E-state index contributed by atoms with van der Waals surface area (Å²) in [7, 11) is 0. The third-order valence-electron chi connectivity index (χ3n) is 3.86. The Bertz CT molecular complexity index is 593. The van der Waals surface area contributed by atoms with Gasteiger partial charge in [-0.3, -0.25) is 5.32 Å². The summed E-state index contributed by atoms with van der Waals surface area (Å²) in [6.45, 7) is 0. The van der Waals surface area contributed by atoms with E-state index in [1.54, 1.807) is 5.56 Å². The van der Waals surface area contributed by atoms with Gasteiger partial charge >= 0.3 is 6.09 Å². The molecule has 0 spiro atoms. The van der Waals surface area contributed by atoms with Gasteiger partial charge in [0.1, 0.15) is 11.6 Å². The van der Waals surface area contributed by atoms with E-state index in [-0.39, 0.29) is 11.6 Å². The number of benzene rings is 1. The Morgan fingerprint density at radius 1 is 1.04 bits per heavy atom. The fourth-order valence-electron chi connectivity index (χ4n) is 2.73. The molecule has 3 N–H and O–H groups in total. The van der Waals surface area contributed by atoms with Gasteiger partial charge in [0.2, 0.25) is 0 Å². The van der Waals surface area contributed by atoms with Crippen LogP contribution >= 0.6 is 0 Å². The maximum atomic E-state index is 10.0. The molecule has 1 amide bonds. The molecule has 1 aliphatic carbocycles. The third-order valence-corrected chi connectivity index (χ3v) is 3.86. The van der Waals surface area contributed by atoms with Gasteiger partial charge in [0.25, 0.3) is 0 Å². The molecular formula is C18H22N2O3. The Hall–Kier alpha value is -2.56. The molecule has 5 heteroatoms. The van der Waals surface area contributed by atoms with Crippen LogP contribution in [0.2, 0.25) is 0 Å². The highest BCUT2D eigenvalue weighted by molar-refractivity contribution is 5.81. The molecule has 3 rings (SSSR count). The molecule has 23 heavy (non-hydrogen) atoms.